The summed E-state index contributed by atoms with van der Waals surface area (Å²) in [6.45, 7) is 6.40. The SMILES string of the molecule is CCC(=O)Nc1sc(C)c(C)c1C(=O)NCCN. The molecule has 1 heterocycles. The highest BCUT2D eigenvalue weighted by Crippen LogP contribution is 2.32. The van der Waals surface area contributed by atoms with Crippen molar-refractivity contribution in [3.8, 4) is 0 Å². The molecule has 2 amide bonds. The molecular formula is C12H19N3O2S. The minimum Gasteiger partial charge on any atom is -0.351 e. The molecule has 1 aromatic heterocycles. The van der Waals surface area contributed by atoms with Crippen molar-refractivity contribution >= 4 is 28.2 Å². The van der Waals surface area contributed by atoms with Crippen molar-refractivity contribution in [2.75, 3.05) is 18.4 Å². The number of thiophene rings is 1. The van der Waals surface area contributed by atoms with Crippen molar-refractivity contribution in [3.63, 3.8) is 0 Å². The zero-order valence-electron chi connectivity index (χ0n) is 10.9. The molecule has 0 aliphatic rings. The van der Waals surface area contributed by atoms with E-state index in [1.807, 2.05) is 13.8 Å². The molecule has 0 aliphatic heterocycles. The third-order valence-electron chi connectivity index (χ3n) is 2.62. The van der Waals surface area contributed by atoms with Crippen LogP contribution in [0.4, 0.5) is 5.00 Å². The summed E-state index contributed by atoms with van der Waals surface area (Å²) in [6.07, 6.45) is 0.389. The minimum atomic E-state index is -0.186. The summed E-state index contributed by atoms with van der Waals surface area (Å²) in [5.41, 5.74) is 6.81. The fourth-order valence-corrected chi connectivity index (χ4v) is 2.55. The van der Waals surface area contributed by atoms with Gasteiger partial charge in [-0.25, -0.2) is 0 Å². The number of hydrogen-bond donors (Lipinski definition) is 3. The Bertz CT molecular complexity index is 454. The van der Waals surface area contributed by atoms with Gasteiger partial charge in [0.15, 0.2) is 0 Å². The molecule has 4 N–H and O–H groups in total. The minimum absolute atomic E-state index is 0.0934. The first-order valence-electron chi connectivity index (χ1n) is 5.89. The van der Waals surface area contributed by atoms with Gasteiger partial charge >= 0.3 is 0 Å². The van der Waals surface area contributed by atoms with Gasteiger partial charge in [0.2, 0.25) is 5.91 Å². The fraction of sp³-hybridized carbons (Fsp3) is 0.500. The average Bonchev–Trinajstić information content (AvgIpc) is 2.61. The van der Waals surface area contributed by atoms with Crippen molar-refractivity contribution in [3.05, 3.63) is 16.0 Å². The van der Waals surface area contributed by atoms with E-state index < -0.39 is 0 Å². The first kappa shape index (κ1) is 14.7. The number of aryl methyl sites for hydroxylation is 1. The maximum atomic E-state index is 12.0. The second-order valence-electron chi connectivity index (χ2n) is 3.93. The van der Waals surface area contributed by atoms with Crippen molar-refractivity contribution in [1.82, 2.24) is 5.32 Å². The van der Waals surface area contributed by atoms with Gasteiger partial charge < -0.3 is 16.4 Å². The zero-order chi connectivity index (χ0) is 13.7. The molecule has 1 rings (SSSR count). The standard InChI is InChI=1S/C12H19N3O2S/c1-4-9(16)15-12-10(7(2)8(3)18-12)11(17)14-6-5-13/h4-6,13H2,1-3H3,(H,14,17)(H,15,16). The number of amides is 2. The average molecular weight is 269 g/mol. The number of anilines is 1. The maximum absolute atomic E-state index is 12.0. The molecule has 0 aromatic carbocycles. The smallest absolute Gasteiger partial charge is 0.254 e. The summed E-state index contributed by atoms with van der Waals surface area (Å²) in [6, 6.07) is 0. The largest absolute Gasteiger partial charge is 0.351 e. The van der Waals surface area contributed by atoms with Crippen molar-refractivity contribution in [1.29, 1.82) is 0 Å². The zero-order valence-corrected chi connectivity index (χ0v) is 11.7. The fourth-order valence-electron chi connectivity index (χ4n) is 1.48. The number of carbonyl (C=O) groups excluding carboxylic acids is 2. The molecule has 0 fully saturated rings. The number of nitrogens with one attached hydrogen (secondary N) is 2. The van der Waals surface area contributed by atoms with Crippen LogP contribution in [0.2, 0.25) is 0 Å². The van der Waals surface area contributed by atoms with E-state index in [1.165, 1.54) is 11.3 Å². The lowest BCUT2D eigenvalue weighted by molar-refractivity contribution is -0.115. The van der Waals surface area contributed by atoms with Gasteiger partial charge in [0.1, 0.15) is 5.00 Å². The molecule has 0 atom stereocenters. The topological polar surface area (TPSA) is 84.2 Å². The third-order valence-corrected chi connectivity index (χ3v) is 3.74. The van der Waals surface area contributed by atoms with E-state index in [-0.39, 0.29) is 11.8 Å². The molecule has 0 aliphatic carbocycles. The molecule has 0 saturated heterocycles. The normalized spacial score (nSPS) is 10.2. The Morgan fingerprint density at radius 3 is 2.56 bits per heavy atom. The molecule has 0 radical (unpaired) electrons. The van der Waals surface area contributed by atoms with Gasteiger partial charge in [0.25, 0.3) is 5.91 Å². The van der Waals surface area contributed by atoms with Gasteiger partial charge in [0, 0.05) is 24.4 Å². The first-order valence-corrected chi connectivity index (χ1v) is 6.71. The van der Waals surface area contributed by atoms with Crippen LogP contribution >= 0.6 is 11.3 Å². The van der Waals surface area contributed by atoms with E-state index in [1.54, 1.807) is 6.92 Å². The Kier molecular flexibility index (Phi) is 5.30. The summed E-state index contributed by atoms with van der Waals surface area (Å²) < 4.78 is 0. The summed E-state index contributed by atoms with van der Waals surface area (Å²) in [5, 5.41) is 6.11. The van der Waals surface area contributed by atoms with E-state index in [0.29, 0.717) is 30.1 Å². The van der Waals surface area contributed by atoms with E-state index in [4.69, 9.17) is 5.73 Å². The van der Waals surface area contributed by atoms with Crippen LogP contribution in [0, 0.1) is 13.8 Å². The number of rotatable bonds is 5. The lowest BCUT2D eigenvalue weighted by Crippen LogP contribution is -2.30. The van der Waals surface area contributed by atoms with Gasteiger partial charge in [-0.2, -0.15) is 0 Å². The highest BCUT2D eigenvalue weighted by atomic mass is 32.1. The van der Waals surface area contributed by atoms with Crippen LogP contribution in [0.25, 0.3) is 0 Å². The molecule has 18 heavy (non-hydrogen) atoms. The van der Waals surface area contributed by atoms with Gasteiger partial charge in [0.05, 0.1) is 5.56 Å². The second-order valence-corrected chi connectivity index (χ2v) is 5.16. The first-order chi connectivity index (χ1) is 8.51. The molecule has 0 spiro atoms. The predicted octanol–water partition coefficient (Wildman–Crippen LogP) is 1.40. The maximum Gasteiger partial charge on any atom is 0.254 e. The molecule has 6 heteroatoms. The Morgan fingerprint density at radius 2 is 2.00 bits per heavy atom. The summed E-state index contributed by atoms with van der Waals surface area (Å²) in [4.78, 5) is 24.5. The Hall–Kier alpha value is -1.40. The number of nitrogens with two attached hydrogens (primary N) is 1. The quantitative estimate of drug-likeness (QED) is 0.755. The highest BCUT2D eigenvalue weighted by Gasteiger charge is 2.20. The Labute approximate surface area is 111 Å². The van der Waals surface area contributed by atoms with E-state index in [9.17, 15) is 9.59 Å². The summed E-state index contributed by atoms with van der Waals surface area (Å²) >= 11 is 1.42. The van der Waals surface area contributed by atoms with Crippen LogP contribution in [0.5, 0.6) is 0 Å². The predicted molar refractivity (Wildman–Crippen MR) is 74.1 cm³/mol. The third kappa shape index (κ3) is 3.30. The summed E-state index contributed by atoms with van der Waals surface area (Å²) in [5.74, 6) is -0.280. The molecule has 5 nitrogen and oxygen atoms in total. The lowest BCUT2D eigenvalue weighted by atomic mass is 10.1. The molecular weight excluding hydrogens is 250 g/mol. The number of hydrogen-bond acceptors (Lipinski definition) is 4. The van der Waals surface area contributed by atoms with Gasteiger partial charge in [-0.05, 0) is 19.4 Å². The Morgan fingerprint density at radius 1 is 1.33 bits per heavy atom. The van der Waals surface area contributed by atoms with E-state index in [2.05, 4.69) is 10.6 Å². The number of carbonyl (C=O) groups is 2. The van der Waals surface area contributed by atoms with E-state index >= 15 is 0 Å². The van der Waals surface area contributed by atoms with Crippen LogP contribution in [0.3, 0.4) is 0 Å². The van der Waals surface area contributed by atoms with Gasteiger partial charge in [-0.15, -0.1) is 11.3 Å². The second kappa shape index (κ2) is 6.51. The van der Waals surface area contributed by atoms with Crippen LogP contribution < -0.4 is 16.4 Å². The molecule has 0 unspecified atom stereocenters. The highest BCUT2D eigenvalue weighted by molar-refractivity contribution is 7.16. The van der Waals surface area contributed by atoms with Crippen LogP contribution in [-0.2, 0) is 4.79 Å². The van der Waals surface area contributed by atoms with Crippen LogP contribution in [-0.4, -0.2) is 24.9 Å². The molecule has 0 saturated carbocycles. The van der Waals surface area contributed by atoms with E-state index in [0.717, 1.165) is 10.4 Å². The van der Waals surface area contributed by atoms with Crippen molar-refractivity contribution < 1.29 is 9.59 Å². The van der Waals surface area contributed by atoms with Gasteiger partial charge in [-0.1, -0.05) is 6.92 Å². The summed E-state index contributed by atoms with van der Waals surface area (Å²) in [7, 11) is 0. The van der Waals surface area contributed by atoms with Crippen LogP contribution in [0.1, 0.15) is 34.1 Å². The lowest BCUT2D eigenvalue weighted by Gasteiger charge is -2.07. The molecule has 100 valence electrons. The Balaban J connectivity index is 3.00. The van der Waals surface area contributed by atoms with Crippen molar-refractivity contribution in [2.45, 2.75) is 27.2 Å². The van der Waals surface area contributed by atoms with Crippen molar-refractivity contribution in [2.24, 2.45) is 5.73 Å². The molecule has 1 aromatic rings. The monoisotopic (exact) mass is 269 g/mol. The van der Waals surface area contributed by atoms with Crippen LogP contribution in [0.15, 0.2) is 0 Å². The molecule has 0 bridgehead atoms. The van der Waals surface area contributed by atoms with Gasteiger partial charge in [-0.3, -0.25) is 9.59 Å².